The van der Waals surface area contributed by atoms with E-state index in [0.29, 0.717) is 12.6 Å². The van der Waals surface area contributed by atoms with Crippen LogP contribution in [0.5, 0.6) is 0 Å². The Kier molecular flexibility index (Phi) is 3.84. The van der Waals surface area contributed by atoms with Gasteiger partial charge in [-0.25, -0.2) is 0 Å². The van der Waals surface area contributed by atoms with Crippen molar-refractivity contribution in [3.05, 3.63) is 21.4 Å². The SMILES string of the molecule is Cc1cc(CN(CCC(=O)O)C2CC2)c(C)s1. The molecule has 0 amide bonds. The Balaban J connectivity index is 1.97. The van der Waals surface area contributed by atoms with Crippen molar-refractivity contribution < 1.29 is 9.90 Å². The minimum atomic E-state index is -0.700. The van der Waals surface area contributed by atoms with E-state index in [9.17, 15) is 4.79 Å². The molecule has 0 atom stereocenters. The first kappa shape index (κ1) is 12.6. The van der Waals surface area contributed by atoms with E-state index in [1.54, 1.807) is 0 Å². The van der Waals surface area contributed by atoms with E-state index in [0.717, 1.165) is 6.54 Å². The molecule has 3 nitrogen and oxygen atoms in total. The summed E-state index contributed by atoms with van der Waals surface area (Å²) in [4.78, 5) is 15.7. The minimum absolute atomic E-state index is 0.249. The van der Waals surface area contributed by atoms with Gasteiger partial charge in [0.2, 0.25) is 0 Å². The van der Waals surface area contributed by atoms with Crippen LogP contribution in [-0.4, -0.2) is 28.6 Å². The highest BCUT2D eigenvalue weighted by molar-refractivity contribution is 7.12. The normalized spacial score (nSPS) is 15.5. The number of aryl methyl sites for hydroxylation is 2. The van der Waals surface area contributed by atoms with Gasteiger partial charge in [-0.1, -0.05) is 0 Å². The van der Waals surface area contributed by atoms with Crippen molar-refractivity contribution in [1.82, 2.24) is 4.90 Å². The Bertz CT molecular complexity index is 410. The second-order valence-electron chi connectivity index (χ2n) is 4.78. The maximum absolute atomic E-state index is 10.6. The highest BCUT2D eigenvalue weighted by Crippen LogP contribution is 2.30. The lowest BCUT2D eigenvalue weighted by atomic mass is 10.2. The van der Waals surface area contributed by atoms with Crippen molar-refractivity contribution in [1.29, 1.82) is 0 Å². The van der Waals surface area contributed by atoms with Gasteiger partial charge in [-0.2, -0.15) is 0 Å². The maximum Gasteiger partial charge on any atom is 0.304 e. The number of hydrogen-bond donors (Lipinski definition) is 1. The summed E-state index contributed by atoms with van der Waals surface area (Å²) in [5.74, 6) is -0.700. The van der Waals surface area contributed by atoms with Crippen molar-refractivity contribution in [2.24, 2.45) is 0 Å². The van der Waals surface area contributed by atoms with Gasteiger partial charge in [0.15, 0.2) is 0 Å². The molecule has 1 aliphatic carbocycles. The Labute approximate surface area is 106 Å². The van der Waals surface area contributed by atoms with E-state index < -0.39 is 5.97 Å². The van der Waals surface area contributed by atoms with Gasteiger partial charge in [-0.15, -0.1) is 11.3 Å². The molecule has 0 aromatic carbocycles. The van der Waals surface area contributed by atoms with Crippen LogP contribution < -0.4 is 0 Å². The summed E-state index contributed by atoms with van der Waals surface area (Å²) in [6.07, 6.45) is 2.70. The fourth-order valence-electron chi connectivity index (χ4n) is 2.13. The van der Waals surface area contributed by atoms with Gasteiger partial charge in [0.05, 0.1) is 6.42 Å². The molecule has 94 valence electrons. The van der Waals surface area contributed by atoms with Crippen LogP contribution in [0.2, 0.25) is 0 Å². The summed E-state index contributed by atoms with van der Waals surface area (Å²) < 4.78 is 0. The summed E-state index contributed by atoms with van der Waals surface area (Å²) in [5.41, 5.74) is 1.37. The average molecular weight is 253 g/mol. The molecule has 1 aromatic rings. The van der Waals surface area contributed by atoms with Crippen LogP contribution in [0.1, 0.15) is 34.6 Å². The number of thiophene rings is 1. The molecule has 4 heteroatoms. The second kappa shape index (κ2) is 5.19. The van der Waals surface area contributed by atoms with Crippen LogP contribution in [0.25, 0.3) is 0 Å². The number of aliphatic carboxylic acids is 1. The molecule has 1 fully saturated rings. The van der Waals surface area contributed by atoms with Crippen LogP contribution in [0, 0.1) is 13.8 Å². The first-order valence-electron chi connectivity index (χ1n) is 6.08. The number of carbonyl (C=O) groups is 1. The predicted molar refractivity (Wildman–Crippen MR) is 69.5 cm³/mol. The highest BCUT2D eigenvalue weighted by atomic mass is 32.1. The standard InChI is InChI=1S/C13H19NO2S/c1-9-7-11(10(2)17-9)8-14(12-3-4-12)6-5-13(15)16/h7,12H,3-6,8H2,1-2H3,(H,15,16). The number of nitrogens with zero attached hydrogens (tertiary/aromatic N) is 1. The number of rotatable bonds is 6. The fourth-order valence-corrected chi connectivity index (χ4v) is 3.07. The summed E-state index contributed by atoms with van der Waals surface area (Å²) in [5, 5.41) is 8.76. The van der Waals surface area contributed by atoms with Crippen LogP contribution in [-0.2, 0) is 11.3 Å². The van der Waals surface area contributed by atoms with E-state index in [1.165, 1.54) is 28.2 Å². The van der Waals surface area contributed by atoms with E-state index >= 15 is 0 Å². The van der Waals surface area contributed by atoms with Crippen LogP contribution in [0.4, 0.5) is 0 Å². The highest BCUT2D eigenvalue weighted by Gasteiger charge is 2.29. The molecule has 1 heterocycles. The summed E-state index contributed by atoms with van der Waals surface area (Å²) in [7, 11) is 0. The third-order valence-electron chi connectivity index (χ3n) is 3.19. The molecule has 0 radical (unpaired) electrons. The van der Waals surface area contributed by atoms with Crippen LogP contribution in [0.15, 0.2) is 6.07 Å². The largest absolute Gasteiger partial charge is 0.481 e. The van der Waals surface area contributed by atoms with Gasteiger partial charge >= 0.3 is 5.97 Å². The maximum atomic E-state index is 10.6. The van der Waals surface area contributed by atoms with Crippen molar-refractivity contribution in [3.63, 3.8) is 0 Å². The molecule has 0 aliphatic heterocycles. The molecular weight excluding hydrogens is 234 g/mol. The van der Waals surface area contributed by atoms with Gasteiger partial charge in [0.25, 0.3) is 0 Å². The molecule has 17 heavy (non-hydrogen) atoms. The quantitative estimate of drug-likeness (QED) is 0.847. The molecule has 1 aromatic heterocycles. The molecule has 1 aliphatic rings. The van der Waals surface area contributed by atoms with Gasteiger partial charge in [-0.3, -0.25) is 9.69 Å². The van der Waals surface area contributed by atoms with Gasteiger partial charge < -0.3 is 5.11 Å². The molecule has 1 saturated carbocycles. The summed E-state index contributed by atoms with van der Waals surface area (Å²) >= 11 is 1.82. The van der Waals surface area contributed by atoms with Crippen LogP contribution >= 0.6 is 11.3 Å². The lowest BCUT2D eigenvalue weighted by molar-refractivity contribution is -0.137. The average Bonchev–Trinajstić information content (AvgIpc) is 3.01. The number of carboxylic acids is 1. The summed E-state index contributed by atoms with van der Waals surface area (Å²) in [6.45, 7) is 5.86. The Morgan fingerprint density at radius 3 is 2.71 bits per heavy atom. The van der Waals surface area contributed by atoms with E-state index in [2.05, 4.69) is 24.8 Å². The second-order valence-corrected chi connectivity index (χ2v) is 6.24. The zero-order valence-corrected chi connectivity index (χ0v) is 11.2. The van der Waals surface area contributed by atoms with E-state index in [1.807, 2.05) is 11.3 Å². The summed E-state index contributed by atoms with van der Waals surface area (Å²) in [6, 6.07) is 2.85. The van der Waals surface area contributed by atoms with E-state index in [-0.39, 0.29) is 6.42 Å². The first-order chi connectivity index (χ1) is 8.06. The molecule has 0 unspecified atom stereocenters. The van der Waals surface area contributed by atoms with Gasteiger partial charge in [0, 0.05) is 28.9 Å². The minimum Gasteiger partial charge on any atom is -0.481 e. The van der Waals surface area contributed by atoms with Gasteiger partial charge in [-0.05, 0) is 38.3 Å². The molecule has 1 N–H and O–H groups in total. The van der Waals surface area contributed by atoms with Crippen LogP contribution in [0.3, 0.4) is 0 Å². The fraction of sp³-hybridized carbons (Fsp3) is 0.615. The molecule has 0 bridgehead atoms. The predicted octanol–water partition coefficient (Wildman–Crippen LogP) is 2.80. The van der Waals surface area contributed by atoms with Gasteiger partial charge in [0.1, 0.15) is 0 Å². The Morgan fingerprint density at radius 2 is 2.24 bits per heavy atom. The molecular formula is C13H19NO2S. The number of carboxylic acid groups (broad SMARTS) is 1. The number of hydrogen-bond acceptors (Lipinski definition) is 3. The monoisotopic (exact) mass is 253 g/mol. The zero-order chi connectivity index (χ0) is 12.4. The molecule has 0 saturated heterocycles. The first-order valence-corrected chi connectivity index (χ1v) is 6.89. The third-order valence-corrected chi connectivity index (χ3v) is 4.20. The Hall–Kier alpha value is -0.870. The Morgan fingerprint density at radius 1 is 1.53 bits per heavy atom. The lowest BCUT2D eigenvalue weighted by Gasteiger charge is -2.20. The van der Waals surface area contributed by atoms with Crippen molar-refractivity contribution in [3.8, 4) is 0 Å². The van der Waals surface area contributed by atoms with E-state index in [4.69, 9.17) is 5.11 Å². The smallest absolute Gasteiger partial charge is 0.304 e. The zero-order valence-electron chi connectivity index (χ0n) is 10.4. The molecule has 2 rings (SSSR count). The third kappa shape index (κ3) is 3.54. The van der Waals surface area contributed by atoms with Crippen molar-refractivity contribution in [2.45, 2.75) is 45.7 Å². The van der Waals surface area contributed by atoms with Crippen molar-refractivity contribution >= 4 is 17.3 Å². The molecule has 0 spiro atoms. The topological polar surface area (TPSA) is 40.5 Å². The van der Waals surface area contributed by atoms with Crippen molar-refractivity contribution in [2.75, 3.05) is 6.54 Å². The lowest BCUT2D eigenvalue weighted by Crippen LogP contribution is -2.28.